The summed E-state index contributed by atoms with van der Waals surface area (Å²) in [5.74, 6) is -0.0912. The van der Waals surface area contributed by atoms with E-state index in [1.54, 1.807) is 24.3 Å². The number of nitrogens with zero attached hydrogens (tertiary/aromatic N) is 1. The predicted molar refractivity (Wildman–Crippen MR) is 147 cm³/mol. The summed E-state index contributed by atoms with van der Waals surface area (Å²) in [6.07, 6.45) is 4.03. The van der Waals surface area contributed by atoms with Gasteiger partial charge in [-0.2, -0.15) is 8.42 Å². The van der Waals surface area contributed by atoms with Crippen LogP contribution in [0.5, 0.6) is 11.5 Å². The molecule has 1 heterocycles. The fraction of sp³-hybridized carbons (Fsp3) is 0.357. The SMILES string of the molecule is COc1cc(C2C3=C(CCCC3=O)N(C)C3=C2C(=O)CCC3)cc(I)c1OS(=O)(=O)c1ccc(C)cc1. The van der Waals surface area contributed by atoms with E-state index >= 15 is 0 Å². The van der Waals surface area contributed by atoms with Gasteiger partial charge in [-0.15, -0.1) is 0 Å². The summed E-state index contributed by atoms with van der Waals surface area (Å²) in [7, 11) is -0.704. The fourth-order valence-electron chi connectivity index (χ4n) is 5.54. The molecule has 0 fully saturated rings. The van der Waals surface area contributed by atoms with E-state index in [-0.39, 0.29) is 28.0 Å². The summed E-state index contributed by atoms with van der Waals surface area (Å²) in [6.45, 7) is 1.88. The largest absolute Gasteiger partial charge is 0.493 e. The molecule has 0 bridgehead atoms. The van der Waals surface area contributed by atoms with Gasteiger partial charge in [0.15, 0.2) is 23.1 Å². The van der Waals surface area contributed by atoms with Crippen molar-refractivity contribution >= 4 is 44.3 Å². The van der Waals surface area contributed by atoms with E-state index in [9.17, 15) is 18.0 Å². The van der Waals surface area contributed by atoms with Crippen molar-refractivity contribution in [2.24, 2.45) is 0 Å². The highest BCUT2D eigenvalue weighted by Crippen LogP contribution is 2.50. The predicted octanol–water partition coefficient (Wildman–Crippen LogP) is 5.42. The molecule has 0 aromatic heterocycles. The Bertz CT molecular complexity index is 1430. The number of methoxy groups -OCH3 is 1. The molecule has 2 aliphatic carbocycles. The van der Waals surface area contributed by atoms with Crippen LogP contribution in [0.25, 0.3) is 0 Å². The molecule has 194 valence electrons. The van der Waals surface area contributed by atoms with Crippen LogP contribution in [0, 0.1) is 10.5 Å². The molecule has 0 saturated carbocycles. The Morgan fingerprint density at radius 3 is 2.03 bits per heavy atom. The third-order valence-corrected chi connectivity index (χ3v) is 9.37. The van der Waals surface area contributed by atoms with Crippen LogP contribution in [0.4, 0.5) is 0 Å². The lowest BCUT2D eigenvalue weighted by Gasteiger charge is -2.42. The van der Waals surface area contributed by atoms with Crippen LogP contribution >= 0.6 is 22.6 Å². The van der Waals surface area contributed by atoms with Crippen LogP contribution < -0.4 is 8.92 Å². The number of hydrogen-bond donors (Lipinski definition) is 0. The summed E-state index contributed by atoms with van der Waals surface area (Å²) in [4.78, 5) is 28.6. The minimum absolute atomic E-state index is 0.0422. The van der Waals surface area contributed by atoms with Crippen molar-refractivity contribution in [1.82, 2.24) is 4.90 Å². The second-order valence-electron chi connectivity index (χ2n) is 9.65. The zero-order valence-corrected chi connectivity index (χ0v) is 23.9. The second kappa shape index (κ2) is 9.90. The molecular weight excluding hydrogens is 605 g/mol. The molecule has 2 aromatic carbocycles. The van der Waals surface area contributed by atoms with E-state index in [1.807, 2.05) is 36.6 Å². The van der Waals surface area contributed by atoms with Gasteiger partial charge < -0.3 is 13.8 Å². The molecule has 0 N–H and O–H groups in total. The van der Waals surface area contributed by atoms with Gasteiger partial charge in [0.1, 0.15) is 4.90 Å². The van der Waals surface area contributed by atoms with Crippen LogP contribution in [-0.4, -0.2) is 39.0 Å². The van der Waals surface area contributed by atoms with Gasteiger partial charge in [0.25, 0.3) is 0 Å². The number of halogens is 1. The molecule has 0 unspecified atom stereocenters. The van der Waals surface area contributed by atoms with Crippen molar-refractivity contribution in [2.75, 3.05) is 14.2 Å². The Hall–Kier alpha value is -2.66. The third-order valence-electron chi connectivity index (χ3n) is 7.33. The molecule has 3 aliphatic rings. The Morgan fingerprint density at radius 2 is 1.49 bits per heavy atom. The summed E-state index contributed by atoms with van der Waals surface area (Å²) >= 11 is 2.02. The van der Waals surface area contributed by atoms with Crippen molar-refractivity contribution in [1.29, 1.82) is 0 Å². The molecule has 5 rings (SSSR count). The maximum absolute atomic E-state index is 13.3. The van der Waals surface area contributed by atoms with Crippen LogP contribution in [0.3, 0.4) is 0 Å². The topological polar surface area (TPSA) is 90.0 Å². The minimum atomic E-state index is -4.10. The summed E-state index contributed by atoms with van der Waals surface area (Å²) in [5, 5.41) is 0. The Labute approximate surface area is 230 Å². The van der Waals surface area contributed by atoms with Gasteiger partial charge in [-0.3, -0.25) is 9.59 Å². The Kier molecular flexibility index (Phi) is 6.95. The number of rotatable bonds is 5. The first-order valence-electron chi connectivity index (χ1n) is 12.3. The summed E-state index contributed by atoms with van der Waals surface area (Å²) < 4.78 is 37.7. The Morgan fingerprint density at radius 1 is 0.919 bits per heavy atom. The first-order chi connectivity index (χ1) is 17.6. The van der Waals surface area contributed by atoms with Crippen molar-refractivity contribution in [3.05, 3.63) is 73.6 Å². The smallest absolute Gasteiger partial charge is 0.339 e. The van der Waals surface area contributed by atoms with Crippen LogP contribution in [-0.2, 0) is 19.7 Å². The standard InChI is InChI=1S/C28H28INO6S/c1-16-10-12-18(13-11-16)37(33,34)36-28-19(29)14-17(15-24(28)35-3)25-26-20(6-4-8-22(26)31)30(2)21-7-5-9-23(32)27(21)25/h10-15,25H,4-9H2,1-3H3. The maximum atomic E-state index is 13.3. The molecule has 1 aliphatic heterocycles. The lowest BCUT2D eigenvalue weighted by Crippen LogP contribution is -2.37. The number of allylic oxidation sites excluding steroid dienone is 4. The normalized spacial score (nSPS) is 18.6. The molecule has 7 nitrogen and oxygen atoms in total. The zero-order valence-electron chi connectivity index (χ0n) is 21.0. The average Bonchev–Trinajstić information content (AvgIpc) is 2.86. The molecule has 9 heteroatoms. The second-order valence-corrected chi connectivity index (χ2v) is 12.4. The molecule has 0 saturated heterocycles. The van der Waals surface area contributed by atoms with Crippen LogP contribution in [0.1, 0.15) is 55.6 Å². The van der Waals surface area contributed by atoms with E-state index < -0.39 is 16.0 Å². The van der Waals surface area contributed by atoms with Gasteiger partial charge in [-0.1, -0.05) is 17.7 Å². The number of carbonyl (C=O) groups excluding carboxylic acids is 2. The Balaban J connectivity index is 1.63. The number of ether oxygens (including phenoxy) is 1. The van der Waals surface area contributed by atoms with Gasteiger partial charge in [0.2, 0.25) is 0 Å². The molecule has 0 spiro atoms. The highest BCUT2D eigenvalue weighted by molar-refractivity contribution is 14.1. The van der Waals surface area contributed by atoms with Crippen LogP contribution in [0.15, 0.2) is 63.8 Å². The average molecular weight is 634 g/mol. The number of carbonyl (C=O) groups is 2. The van der Waals surface area contributed by atoms with Crippen molar-refractivity contribution in [2.45, 2.75) is 56.3 Å². The van der Waals surface area contributed by atoms with Crippen LogP contribution in [0.2, 0.25) is 0 Å². The van der Waals surface area contributed by atoms with E-state index in [4.69, 9.17) is 8.92 Å². The number of benzene rings is 2. The molecule has 0 radical (unpaired) electrons. The lowest BCUT2D eigenvalue weighted by molar-refractivity contribution is -0.117. The first-order valence-corrected chi connectivity index (χ1v) is 14.8. The van der Waals surface area contributed by atoms with E-state index in [1.165, 1.54) is 19.2 Å². The summed E-state index contributed by atoms with van der Waals surface area (Å²) in [6, 6.07) is 9.93. The molecular formula is C28H28INO6S. The van der Waals surface area contributed by atoms with Gasteiger partial charge in [-0.05, 0) is 85.0 Å². The molecule has 37 heavy (non-hydrogen) atoms. The van der Waals surface area contributed by atoms with Gasteiger partial charge in [-0.25, -0.2) is 0 Å². The van der Waals surface area contributed by atoms with Gasteiger partial charge in [0, 0.05) is 48.3 Å². The van der Waals surface area contributed by atoms with Crippen molar-refractivity contribution in [3.8, 4) is 11.5 Å². The lowest BCUT2D eigenvalue weighted by atomic mass is 9.71. The summed E-state index contributed by atoms with van der Waals surface area (Å²) in [5.41, 5.74) is 4.95. The first kappa shape index (κ1) is 26.0. The highest BCUT2D eigenvalue weighted by Gasteiger charge is 2.42. The number of hydrogen-bond acceptors (Lipinski definition) is 7. The molecule has 0 atom stereocenters. The number of Topliss-reactive ketones (excluding diaryl/α,β-unsaturated/α-hetero) is 2. The maximum Gasteiger partial charge on any atom is 0.339 e. The highest BCUT2D eigenvalue weighted by atomic mass is 127. The fourth-order valence-corrected chi connectivity index (χ4v) is 7.38. The van der Waals surface area contributed by atoms with E-state index in [2.05, 4.69) is 4.90 Å². The van der Waals surface area contributed by atoms with Gasteiger partial charge in [0.05, 0.1) is 10.7 Å². The van der Waals surface area contributed by atoms with Crippen molar-refractivity contribution in [3.63, 3.8) is 0 Å². The monoisotopic (exact) mass is 633 g/mol. The third kappa shape index (κ3) is 4.60. The van der Waals surface area contributed by atoms with E-state index in [0.717, 1.165) is 48.2 Å². The molecule has 2 aromatic rings. The van der Waals surface area contributed by atoms with Crippen molar-refractivity contribution < 1.29 is 26.9 Å². The quantitative estimate of drug-likeness (QED) is 0.321. The van der Waals surface area contributed by atoms with Gasteiger partial charge >= 0.3 is 10.1 Å². The minimum Gasteiger partial charge on any atom is -0.493 e. The number of ketones is 2. The van der Waals surface area contributed by atoms with E-state index in [0.29, 0.717) is 27.6 Å². The zero-order chi connectivity index (χ0) is 26.5. The number of aryl methyl sites for hydroxylation is 1. The molecule has 0 amide bonds.